The summed E-state index contributed by atoms with van der Waals surface area (Å²) in [5.41, 5.74) is 6.95. The Bertz CT molecular complexity index is 612. The zero-order chi connectivity index (χ0) is 13.6. The standard InChI is InChI=1S/C13H14F2N2O2/c14-13(15)6-8(7-18)19-12(13)17-5-4-9-10(16)2-1-3-11(9)17/h1-5,8,12,18H,6-7,16H2/t8-,12-/m0/s1. The van der Waals surface area contributed by atoms with Gasteiger partial charge >= 0.3 is 0 Å². The largest absolute Gasteiger partial charge is 0.398 e. The number of nitrogen functional groups attached to an aromatic ring is 1. The first-order valence-corrected chi connectivity index (χ1v) is 6.02. The number of ether oxygens (including phenoxy) is 1. The first-order chi connectivity index (χ1) is 9.03. The van der Waals surface area contributed by atoms with Crippen LogP contribution in [-0.4, -0.2) is 28.3 Å². The van der Waals surface area contributed by atoms with Crippen molar-refractivity contribution in [2.75, 3.05) is 12.3 Å². The van der Waals surface area contributed by atoms with Crippen molar-refractivity contribution >= 4 is 16.6 Å². The Morgan fingerprint density at radius 2 is 2.21 bits per heavy atom. The van der Waals surface area contributed by atoms with Crippen molar-refractivity contribution in [1.29, 1.82) is 0 Å². The summed E-state index contributed by atoms with van der Waals surface area (Å²) in [6, 6.07) is 6.84. The van der Waals surface area contributed by atoms with E-state index >= 15 is 0 Å². The number of nitrogens with zero attached hydrogens (tertiary/aromatic N) is 1. The second-order valence-electron chi connectivity index (χ2n) is 4.76. The molecule has 0 spiro atoms. The lowest BCUT2D eigenvalue weighted by atomic mass is 10.2. The summed E-state index contributed by atoms with van der Waals surface area (Å²) in [6.45, 7) is -0.409. The molecular weight excluding hydrogens is 254 g/mol. The second kappa shape index (κ2) is 4.18. The van der Waals surface area contributed by atoms with Gasteiger partial charge in [-0.2, -0.15) is 0 Å². The molecule has 6 heteroatoms. The van der Waals surface area contributed by atoms with Crippen molar-refractivity contribution in [2.24, 2.45) is 0 Å². The number of nitrogens with two attached hydrogens (primary N) is 1. The minimum absolute atomic E-state index is 0.409. The zero-order valence-corrected chi connectivity index (χ0v) is 10.1. The van der Waals surface area contributed by atoms with Crippen LogP contribution in [0.3, 0.4) is 0 Å². The summed E-state index contributed by atoms with van der Waals surface area (Å²) in [5.74, 6) is -3.01. The third kappa shape index (κ3) is 1.87. The van der Waals surface area contributed by atoms with E-state index in [2.05, 4.69) is 0 Å². The van der Waals surface area contributed by atoms with Crippen molar-refractivity contribution in [3.63, 3.8) is 0 Å². The molecular formula is C13H14F2N2O2. The normalized spacial score (nSPS) is 26.1. The molecule has 1 saturated heterocycles. The molecule has 0 amide bonds. The molecule has 0 saturated carbocycles. The van der Waals surface area contributed by atoms with Gasteiger partial charge < -0.3 is 20.1 Å². The van der Waals surface area contributed by atoms with Crippen LogP contribution < -0.4 is 5.73 Å². The Morgan fingerprint density at radius 1 is 1.42 bits per heavy atom. The number of aliphatic hydroxyl groups is 1. The Morgan fingerprint density at radius 3 is 2.89 bits per heavy atom. The minimum atomic E-state index is -3.01. The molecule has 1 aliphatic rings. The van der Waals surface area contributed by atoms with Crippen LogP contribution >= 0.6 is 0 Å². The highest BCUT2D eigenvalue weighted by Crippen LogP contribution is 2.44. The van der Waals surface area contributed by atoms with Gasteiger partial charge in [-0.25, -0.2) is 8.78 Å². The molecule has 102 valence electrons. The number of aliphatic hydroxyl groups excluding tert-OH is 1. The first-order valence-electron chi connectivity index (χ1n) is 6.02. The second-order valence-corrected chi connectivity index (χ2v) is 4.76. The van der Waals surface area contributed by atoms with Gasteiger partial charge in [-0.3, -0.25) is 0 Å². The summed E-state index contributed by atoms with van der Waals surface area (Å²) in [4.78, 5) is 0. The van der Waals surface area contributed by atoms with Gasteiger partial charge in [-0.1, -0.05) is 6.07 Å². The molecule has 1 aromatic heterocycles. The predicted molar refractivity (Wildman–Crippen MR) is 66.9 cm³/mol. The van der Waals surface area contributed by atoms with Crippen molar-refractivity contribution in [2.45, 2.75) is 24.7 Å². The van der Waals surface area contributed by atoms with E-state index in [0.717, 1.165) is 0 Å². The molecule has 2 atom stereocenters. The minimum Gasteiger partial charge on any atom is -0.398 e. The maximum atomic E-state index is 13.9. The lowest BCUT2D eigenvalue weighted by Crippen LogP contribution is -2.25. The quantitative estimate of drug-likeness (QED) is 0.820. The SMILES string of the molecule is Nc1cccc2c1ccn2[C@H]1O[C@H](CO)CC1(F)F. The molecule has 1 aliphatic heterocycles. The number of benzene rings is 1. The van der Waals surface area contributed by atoms with Crippen LogP contribution in [0, 0.1) is 0 Å². The van der Waals surface area contributed by atoms with Gasteiger partial charge in [0, 0.05) is 23.7 Å². The highest BCUT2D eigenvalue weighted by molar-refractivity contribution is 5.91. The molecule has 3 N–H and O–H groups in total. The smallest absolute Gasteiger partial charge is 0.294 e. The fourth-order valence-corrected chi connectivity index (χ4v) is 2.53. The van der Waals surface area contributed by atoms with E-state index in [0.29, 0.717) is 16.6 Å². The molecule has 19 heavy (non-hydrogen) atoms. The first kappa shape index (κ1) is 12.4. The molecule has 0 radical (unpaired) electrons. The highest BCUT2D eigenvalue weighted by atomic mass is 19.3. The van der Waals surface area contributed by atoms with Crippen LogP contribution in [0.5, 0.6) is 0 Å². The van der Waals surface area contributed by atoms with Crippen LogP contribution in [-0.2, 0) is 4.74 Å². The molecule has 0 unspecified atom stereocenters. The molecule has 2 heterocycles. The topological polar surface area (TPSA) is 60.4 Å². The molecule has 1 aromatic carbocycles. The number of rotatable bonds is 2. The van der Waals surface area contributed by atoms with E-state index in [9.17, 15) is 8.78 Å². The zero-order valence-electron chi connectivity index (χ0n) is 10.1. The fraction of sp³-hybridized carbons (Fsp3) is 0.385. The lowest BCUT2D eigenvalue weighted by molar-refractivity contribution is -0.116. The maximum Gasteiger partial charge on any atom is 0.294 e. The van der Waals surface area contributed by atoms with Crippen molar-refractivity contribution < 1.29 is 18.6 Å². The number of anilines is 1. The summed E-state index contributed by atoms with van der Waals surface area (Å²) in [6.07, 6.45) is -1.17. The van der Waals surface area contributed by atoms with Crippen LogP contribution in [0.1, 0.15) is 12.6 Å². The number of aromatic nitrogens is 1. The van der Waals surface area contributed by atoms with Gasteiger partial charge in [-0.15, -0.1) is 0 Å². The van der Waals surface area contributed by atoms with Crippen molar-refractivity contribution in [1.82, 2.24) is 4.57 Å². The summed E-state index contributed by atoms with van der Waals surface area (Å²) < 4.78 is 34.5. The van der Waals surface area contributed by atoms with Crippen LogP contribution in [0.2, 0.25) is 0 Å². The monoisotopic (exact) mass is 268 g/mol. The molecule has 3 rings (SSSR count). The summed E-state index contributed by atoms with van der Waals surface area (Å²) in [7, 11) is 0. The fourth-order valence-electron chi connectivity index (χ4n) is 2.53. The van der Waals surface area contributed by atoms with Crippen molar-refractivity contribution in [3.8, 4) is 0 Å². The van der Waals surface area contributed by atoms with Gasteiger partial charge in [0.2, 0.25) is 0 Å². The van der Waals surface area contributed by atoms with E-state index in [1.54, 1.807) is 30.5 Å². The van der Waals surface area contributed by atoms with E-state index < -0.39 is 31.3 Å². The van der Waals surface area contributed by atoms with Crippen LogP contribution in [0.4, 0.5) is 14.5 Å². The van der Waals surface area contributed by atoms with Gasteiger partial charge in [0.1, 0.15) is 0 Å². The van der Waals surface area contributed by atoms with Gasteiger partial charge in [-0.05, 0) is 18.2 Å². The highest BCUT2D eigenvalue weighted by Gasteiger charge is 2.51. The Kier molecular flexibility index (Phi) is 2.72. The number of halogens is 2. The number of fused-ring (bicyclic) bond motifs is 1. The predicted octanol–water partition coefficient (Wildman–Crippen LogP) is 2.14. The molecule has 0 bridgehead atoms. The van der Waals surface area contributed by atoms with E-state index in [-0.39, 0.29) is 0 Å². The molecule has 0 aliphatic carbocycles. The maximum absolute atomic E-state index is 13.9. The van der Waals surface area contributed by atoms with E-state index in [1.807, 2.05) is 0 Å². The lowest BCUT2D eigenvalue weighted by Gasteiger charge is -2.20. The Labute approximate surface area is 108 Å². The average Bonchev–Trinajstić information content (AvgIpc) is 2.90. The Hall–Kier alpha value is -1.66. The number of hydrogen-bond acceptors (Lipinski definition) is 3. The number of hydrogen-bond donors (Lipinski definition) is 2. The van der Waals surface area contributed by atoms with E-state index in [1.165, 1.54) is 4.57 Å². The van der Waals surface area contributed by atoms with Crippen LogP contribution in [0.15, 0.2) is 30.5 Å². The molecule has 1 fully saturated rings. The number of alkyl halides is 2. The van der Waals surface area contributed by atoms with Crippen LogP contribution in [0.25, 0.3) is 10.9 Å². The average molecular weight is 268 g/mol. The van der Waals surface area contributed by atoms with Gasteiger partial charge in [0.05, 0.1) is 18.2 Å². The van der Waals surface area contributed by atoms with E-state index in [4.69, 9.17) is 15.6 Å². The Balaban J connectivity index is 2.07. The summed E-state index contributed by atoms with van der Waals surface area (Å²) >= 11 is 0. The van der Waals surface area contributed by atoms with Crippen molar-refractivity contribution in [3.05, 3.63) is 30.5 Å². The van der Waals surface area contributed by atoms with Gasteiger partial charge in [0.25, 0.3) is 5.92 Å². The third-order valence-electron chi connectivity index (χ3n) is 3.44. The third-order valence-corrected chi connectivity index (χ3v) is 3.44. The molecule has 4 nitrogen and oxygen atoms in total. The summed E-state index contributed by atoms with van der Waals surface area (Å²) in [5, 5.41) is 9.70. The van der Waals surface area contributed by atoms with Gasteiger partial charge in [0.15, 0.2) is 6.23 Å². The molecule has 2 aromatic rings.